The van der Waals surface area contributed by atoms with Gasteiger partial charge in [0.1, 0.15) is 0 Å². The Balaban J connectivity index is 0. The van der Waals surface area contributed by atoms with Gasteiger partial charge in [0.15, 0.2) is 0 Å². The summed E-state index contributed by atoms with van der Waals surface area (Å²) in [5.74, 6) is 0. The van der Waals surface area contributed by atoms with E-state index >= 15 is 0 Å². The van der Waals surface area contributed by atoms with Gasteiger partial charge in [-0.3, -0.25) is 0 Å². The molecule has 0 aliphatic rings. The molecule has 0 N–H and O–H groups in total. The summed E-state index contributed by atoms with van der Waals surface area (Å²) in [6.07, 6.45) is 0. The third-order valence-electron chi connectivity index (χ3n) is 0. The van der Waals surface area contributed by atoms with Crippen molar-refractivity contribution in [1.29, 1.82) is 0 Å². The molecule has 4 heavy (non-hydrogen) atoms. The van der Waals surface area contributed by atoms with Crippen molar-refractivity contribution in [3.8, 4) is 0 Å². The van der Waals surface area contributed by atoms with Crippen molar-refractivity contribution in [1.82, 2.24) is 0 Å². The van der Waals surface area contributed by atoms with Crippen molar-refractivity contribution in [2.24, 2.45) is 0 Å². The van der Waals surface area contributed by atoms with Crippen LogP contribution in [0.1, 0.15) is 0 Å². The molecule has 0 fully saturated rings. The Hall–Kier alpha value is 2.79. The SMILES string of the molecule is [Pd].[Pd].[Pd].[SnH2]. The van der Waals surface area contributed by atoms with Crippen molar-refractivity contribution in [3.63, 3.8) is 0 Å². The molecule has 0 aliphatic carbocycles. The summed E-state index contributed by atoms with van der Waals surface area (Å²) in [4.78, 5) is 0. The van der Waals surface area contributed by atoms with Gasteiger partial charge in [0, 0.05) is 61.3 Å². The first kappa shape index (κ1) is 29.3. The molecule has 0 spiro atoms. The molecular formula is H2Pd3Sn. The Morgan fingerprint density at radius 1 is 0.500 bits per heavy atom. The zero-order valence-electron chi connectivity index (χ0n) is 1.66. The topological polar surface area (TPSA) is 0 Å². The Bertz CT molecular complexity index is 3.25. The van der Waals surface area contributed by atoms with Crippen molar-refractivity contribution in [2.75, 3.05) is 0 Å². The van der Waals surface area contributed by atoms with Crippen molar-refractivity contribution >= 4 is 23.9 Å². The first-order valence-electron chi connectivity index (χ1n) is 0. The summed E-state index contributed by atoms with van der Waals surface area (Å²) in [6, 6.07) is 0. The van der Waals surface area contributed by atoms with E-state index in [0.29, 0.717) is 0 Å². The van der Waals surface area contributed by atoms with E-state index < -0.39 is 0 Å². The molecule has 0 aromatic carbocycles. The number of hydrogen-bond donors (Lipinski definition) is 0. The Labute approximate surface area is 83.8 Å². The molecule has 0 aliphatic heterocycles. The molecule has 0 bridgehead atoms. The summed E-state index contributed by atoms with van der Waals surface area (Å²) < 4.78 is 0. The van der Waals surface area contributed by atoms with Crippen molar-refractivity contribution in [3.05, 3.63) is 0 Å². The third-order valence-corrected chi connectivity index (χ3v) is 0. The van der Waals surface area contributed by atoms with Crippen molar-refractivity contribution in [2.45, 2.75) is 0 Å². The van der Waals surface area contributed by atoms with Crippen LogP contribution in [0.4, 0.5) is 0 Å². The summed E-state index contributed by atoms with van der Waals surface area (Å²) >= 11 is 0. The van der Waals surface area contributed by atoms with Crippen LogP contribution >= 0.6 is 0 Å². The van der Waals surface area contributed by atoms with Gasteiger partial charge in [0.25, 0.3) is 0 Å². The molecule has 0 nitrogen and oxygen atoms in total. The monoisotopic (exact) mass is 440 g/mol. The van der Waals surface area contributed by atoms with E-state index in [2.05, 4.69) is 0 Å². The molecule has 4 heteroatoms. The standard InChI is InChI=1S/3Pd.Sn.2H. The molecule has 0 aromatic rings. The minimum absolute atomic E-state index is 0. The van der Waals surface area contributed by atoms with Crippen LogP contribution in [0.3, 0.4) is 0 Å². The molecule has 36 valence electrons. The van der Waals surface area contributed by atoms with Gasteiger partial charge in [-0.15, -0.1) is 0 Å². The maximum absolute atomic E-state index is 0. The Kier molecular flexibility index (Phi) is 125. The van der Waals surface area contributed by atoms with E-state index in [4.69, 9.17) is 0 Å². The van der Waals surface area contributed by atoms with Crippen molar-refractivity contribution < 1.29 is 61.3 Å². The third kappa shape index (κ3) is 8.84. The average Bonchev–Trinajstić information content (AvgIpc) is 0. The molecule has 0 amide bonds. The van der Waals surface area contributed by atoms with Crippen LogP contribution in [0.5, 0.6) is 0 Å². The summed E-state index contributed by atoms with van der Waals surface area (Å²) in [6.45, 7) is 0. The molecule has 0 aromatic heterocycles. The molecule has 0 saturated carbocycles. The summed E-state index contributed by atoms with van der Waals surface area (Å²) in [5.41, 5.74) is 0. The van der Waals surface area contributed by atoms with Crippen LogP contribution in [-0.4, -0.2) is 23.9 Å². The predicted octanol–water partition coefficient (Wildman–Crippen LogP) is -0.924. The Morgan fingerprint density at radius 2 is 0.500 bits per heavy atom. The van der Waals surface area contributed by atoms with E-state index in [1.807, 2.05) is 0 Å². The first-order chi connectivity index (χ1) is 0. The quantitative estimate of drug-likeness (QED) is 0.428. The van der Waals surface area contributed by atoms with Gasteiger partial charge in [-0.1, -0.05) is 0 Å². The van der Waals surface area contributed by atoms with Gasteiger partial charge in [-0.2, -0.15) is 0 Å². The summed E-state index contributed by atoms with van der Waals surface area (Å²) in [7, 11) is 0. The first-order valence-corrected chi connectivity index (χ1v) is 0. The second kappa shape index (κ2) is 17.1. The van der Waals surface area contributed by atoms with E-state index in [1.54, 1.807) is 0 Å². The van der Waals surface area contributed by atoms with Gasteiger partial charge in [0.2, 0.25) is 0 Å². The molecule has 0 saturated heterocycles. The normalized spacial score (nSPS) is 0. The molecule has 0 heterocycles. The fraction of sp³-hybridized carbons (Fsp3) is 0. The van der Waals surface area contributed by atoms with E-state index in [-0.39, 0.29) is 85.2 Å². The number of hydrogen-bond acceptors (Lipinski definition) is 0. The van der Waals surface area contributed by atoms with Gasteiger partial charge in [-0.25, -0.2) is 0 Å². The summed E-state index contributed by atoms with van der Waals surface area (Å²) in [5, 5.41) is 0. The van der Waals surface area contributed by atoms with Gasteiger partial charge in [0.05, 0.1) is 0 Å². The number of rotatable bonds is 0. The second-order valence-electron chi connectivity index (χ2n) is 0. The fourth-order valence-corrected chi connectivity index (χ4v) is 0. The van der Waals surface area contributed by atoms with Gasteiger partial charge in [-0.05, 0) is 0 Å². The zero-order valence-corrected chi connectivity index (χ0v) is 10.4. The van der Waals surface area contributed by atoms with Crippen LogP contribution in [0, 0.1) is 0 Å². The van der Waals surface area contributed by atoms with Crippen LogP contribution in [0.25, 0.3) is 0 Å². The molecular weight excluding hydrogens is 438 g/mol. The van der Waals surface area contributed by atoms with E-state index in [9.17, 15) is 0 Å². The van der Waals surface area contributed by atoms with Gasteiger partial charge >= 0.3 is 23.9 Å². The van der Waals surface area contributed by atoms with Crippen LogP contribution in [0.2, 0.25) is 0 Å². The molecule has 0 atom stereocenters. The fourth-order valence-electron chi connectivity index (χ4n) is 0. The van der Waals surface area contributed by atoms with Crippen LogP contribution in [0.15, 0.2) is 0 Å². The minimum atomic E-state index is 0. The second-order valence-corrected chi connectivity index (χ2v) is 0. The van der Waals surface area contributed by atoms with Crippen LogP contribution < -0.4 is 0 Å². The van der Waals surface area contributed by atoms with E-state index in [1.165, 1.54) is 0 Å². The molecule has 2 radical (unpaired) electrons. The van der Waals surface area contributed by atoms with Gasteiger partial charge < -0.3 is 0 Å². The van der Waals surface area contributed by atoms with Crippen LogP contribution in [-0.2, 0) is 61.3 Å². The average molecular weight is 440 g/mol. The molecule has 0 rings (SSSR count). The zero-order chi connectivity index (χ0) is 0. The predicted molar refractivity (Wildman–Crippen MR) is 8.54 cm³/mol. The van der Waals surface area contributed by atoms with E-state index in [0.717, 1.165) is 0 Å². The Morgan fingerprint density at radius 3 is 0.500 bits per heavy atom. The molecule has 0 unspecified atom stereocenters. The maximum atomic E-state index is 0.